The molecule has 1 fully saturated rings. The van der Waals surface area contributed by atoms with Crippen molar-refractivity contribution in [3.63, 3.8) is 0 Å². The third kappa shape index (κ3) is 3.73. The van der Waals surface area contributed by atoms with E-state index in [1.54, 1.807) is 18.7 Å². The lowest BCUT2D eigenvalue weighted by Crippen LogP contribution is -2.49. The molecule has 0 saturated carbocycles. The number of carbonyl (C=O) groups excluding carboxylic acids is 1. The van der Waals surface area contributed by atoms with Crippen LogP contribution in [-0.2, 0) is 9.53 Å². The van der Waals surface area contributed by atoms with E-state index in [1.165, 1.54) is 16.0 Å². The summed E-state index contributed by atoms with van der Waals surface area (Å²) in [7, 11) is 0. The van der Waals surface area contributed by atoms with Crippen molar-refractivity contribution < 1.29 is 19.4 Å². The summed E-state index contributed by atoms with van der Waals surface area (Å²) < 4.78 is 5.70. The van der Waals surface area contributed by atoms with E-state index in [0.717, 1.165) is 29.1 Å². The monoisotopic (exact) mass is 411 g/mol. The van der Waals surface area contributed by atoms with E-state index < -0.39 is 18.1 Å². The Balaban J connectivity index is 1.52. The first-order valence-corrected chi connectivity index (χ1v) is 11.2. The van der Waals surface area contributed by atoms with E-state index in [2.05, 4.69) is 24.3 Å². The Morgan fingerprint density at radius 1 is 1.14 bits per heavy atom. The second-order valence-corrected chi connectivity index (χ2v) is 8.65. The number of rotatable bonds is 6. The second-order valence-electron chi connectivity index (χ2n) is 7.50. The van der Waals surface area contributed by atoms with Crippen LogP contribution in [0.3, 0.4) is 0 Å². The molecule has 1 N–H and O–H groups in total. The average molecular weight is 412 g/mol. The first kappa shape index (κ1) is 19.8. The number of thioether (sulfide) groups is 1. The van der Waals surface area contributed by atoms with E-state index >= 15 is 0 Å². The smallest absolute Gasteiger partial charge is 0.410 e. The molecule has 0 aromatic heterocycles. The number of hydrogen-bond acceptors (Lipinski definition) is 4. The van der Waals surface area contributed by atoms with Crippen LogP contribution >= 0.6 is 11.8 Å². The van der Waals surface area contributed by atoms with Crippen molar-refractivity contribution in [3.8, 4) is 11.1 Å². The molecule has 1 aliphatic heterocycles. The van der Waals surface area contributed by atoms with Gasteiger partial charge < -0.3 is 9.84 Å². The molecule has 1 amide bonds. The highest BCUT2D eigenvalue weighted by atomic mass is 32.2. The second kappa shape index (κ2) is 8.49. The number of hydrogen-bond donors (Lipinski definition) is 1. The molecule has 0 radical (unpaired) electrons. The van der Waals surface area contributed by atoms with Crippen LogP contribution in [0.1, 0.15) is 30.4 Å². The van der Waals surface area contributed by atoms with E-state index in [4.69, 9.17) is 4.74 Å². The highest BCUT2D eigenvalue weighted by Crippen LogP contribution is 2.44. The number of nitrogens with zero attached hydrogens (tertiary/aromatic N) is 1. The number of likely N-dealkylation sites (N-methyl/N-ethyl adjacent to an activating group) is 1. The Kier molecular flexibility index (Phi) is 5.81. The lowest BCUT2D eigenvalue weighted by Gasteiger charge is -2.31. The largest absolute Gasteiger partial charge is 0.480 e. The van der Waals surface area contributed by atoms with Gasteiger partial charge in [-0.3, -0.25) is 4.90 Å². The number of aliphatic carboxylic acids is 1. The van der Waals surface area contributed by atoms with Gasteiger partial charge in [-0.2, -0.15) is 11.8 Å². The van der Waals surface area contributed by atoms with Crippen molar-refractivity contribution >= 4 is 23.8 Å². The molecule has 2 atom stereocenters. The zero-order chi connectivity index (χ0) is 20.4. The number of carboxylic acid groups (broad SMARTS) is 1. The molecular weight excluding hydrogens is 386 g/mol. The topological polar surface area (TPSA) is 66.8 Å². The molecule has 2 aromatic rings. The first-order valence-electron chi connectivity index (χ1n) is 10.0. The van der Waals surface area contributed by atoms with Gasteiger partial charge in [0.1, 0.15) is 12.6 Å². The number of benzene rings is 2. The number of carbonyl (C=O) groups is 2. The molecule has 2 aliphatic rings. The zero-order valence-electron chi connectivity index (χ0n) is 16.4. The Morgan fingerprint density at radius 2 is 1.76 bits per heavy atom. The molecule has 0 bridgehead atoms. The average Bonchev–Trinajstić information content (AvgIpc) is 3.36. The van der Waals surface area contributed by atoms with Crippen LogP contribution in [0.2, 0.25) is 0 Å². The number of amides is 1. The highest BCUT2D eigenvalue weighted by Gasteiger charge is 2.39. The number of carboxylic acids is 1. The molecule has 2 unspecified atom stereocenters. The quantitative estimate of drug-likeness (QED) is 0.760. The summed E-state index contributed by atoms with van der Waals surface area (Å²) >= 11 is 1.74. The summed E-state index contributed by atoms with van der Waals surface area (Å²) in [5.74, 6) is 0.696. The highest BCUT2D eigenvalue weighted by molar-refractivity contribution is 7.99. The van der Waals surface area contributed by atoms with Gasteiger partial charge in [0.2, 0.25) is 0 Å². The molecule has 6 heteroatoms. The Bertz CT molecular complexity index is 864. The summed E-state index contributed by atoms with van der Waals surface area (Å²) in [4.78, 5) is 26.2. The summed E-state index contributed by atoms with van der Waals surface area (Å²) in [6.07, 6.45) is 0.271. The van der Waals surface area contributed by atoms with Crippen LogP contribution in [0.25, 0.3) is 11.1 Å². The van der Waals surface area contributed by atoms with Gasteiger partial charge in [0, 0.05) is 18.4 Å². The maximum Gasteiger partial charge on any atom is 0.410 e. The third-order valence-electron chi connectivity index (χ3n) is 5.91. The van der Waals surface area contributed by atoms with Crippen LogP contribution in [0.15, 0.2) is 48.5 Å². The summed E-state index contributed by atoms with van der Waals surface area (Å²) in [6, 6.07) is 15.5. The molecule has 152 valence electrons. The summed E-state index contributed by atoms with van der Waals surface area (Å²) in [6.45, 7) is 2.32. The van der Waals surface area contributed by atoms with E-state index in [1.807, 2.05) is 24.3 Å². The van der Waals surface area contributed by atoms with Gasteiger partial charge in [0.25, 0.3) is 0 Å². The predicted octanol–water partition coefficient (Wildman–Crippen LogP) is 4.46. The minimum atomic E-state index is -0.951. The van der Waals surface area contributed by atoms with Crippen molar-refractivity contribution in [1.29, 1.82) is 0 Å². The maximum absolute atomic E-state index is 12.9. The Labute approximate surface area is 175 Å². The fourth-order valence-electron chi connectivity index (χ4n) is 4.51. The SMILES string of the molecule is CCN(C(=O)OCC1c2ccccc2-c2ccccc21)C(C(=O)O)C1CCSC1. The molecule has 1 aliphatic carbocycles. The lowest BCUT2D eigenvalue weighted by atomic mass is 9.97. The summed E-state index contributed by atoms with van der Waals surface area (Å²) in [5, 5.41) is 9.77. The summed E-state index contributed by atoms with van der Waals surface area (Å²) in [5.41, 5.74) is 4.63. The Morgan fingerprint density at radius 3 is 2.28 bits per heavy atom. The standard InChI is InChI=1S/C23H25NO4S/c1-2-24(21(22(25)26)15-11-12-29-14-15)23(27)28-13-20-18-9-5-3-7-16(18)17-8-4-6-10-19(17)20/h3-10,15,20-21H,2,11-14H2,1H3,(H,25,26). The molecule has 2 aromatic carbocycles. The van der Waals surface area contributed by atoms with E-state index in [0.29, 0.717) is 6.54 Å². The van der Waals surface area contributed by atoms with Gasteiger partial charge in [-0.15, -0.1) is 0 Å². The predicted molar refractivity (Wildman–Crippen MR) is 114 cm³/mol. The lowest BCUT2D eigenvalue weighted by molar-refractivity contribution is -0.144. The third-order valence-corrected chi connectivity index (χ3v) is 7.10. The molecule has 0 spiro atoms. The van der Waals surface area contributed by atoms with E-state index in [-0.39, 0.29) is 18.4 Å². The van der Waals surface area contributed by atoms with Crippen molar-refractivity contribution in [3.05, 3.63) is 59.7 Å². The molecular formula is C23H25NO4S. The van der Waals surface area contributed by atoms with Crippen molar-refractivity contribution in [2.75, 3.05) is 24.7 Å². The Hall–Kier alpha value is -2.47. The minimum absolute atomic E-state index is 0.0297. The molecule has 29 heavy (non-hydrogen) atoms. The normalized spacial score (nSPS) is 18.7. The van der Waals surface area contributed by atoms with Crippen molar-refractivity contribution in [2.24, 2.45) is 5.92 Å². The van der Waals surface area contributed by atoms with Crippen LogP contribution in [-0.4, -0.2) is 52.8 Å². The fourth-order valence-corrected chi connectivity index (χ4v) is 5.80. The fraction of sp³-hybridized carbons (Fsp3) is 0.391. The van der Waals surface area contributed by atoms with Gasteiger partial charge in [0.15, 0.2) is 0 Å². The van der Waals surface area contributed by atoms with Crippen LogP contribution < -0.4 is 0 Å². The maximum atomic E-state index is 12.9. The minimum Gasteiger partial charge on any atom is -0.480 e. The van der Waals surface area contributed by atoms with Crippen LogP contribution in [0.4, 0.5) is 4.79 Å². The number of fused-ring (bicyclic) bond motifs is 3. The van der Waals surface area contributed by atoms with Gasteiger partial charge in [-0.05, 0) is 47.1 Å². The number of ether oxygens (including phenoxy) is 1. The van der Waals surface area contributed by atoms with Gasteiger partial charge in [-0.25, -0.2) is 9.59 Å². The molecule has 1 heterocycles. The molecule has 4 rings (SSSR count). The molecule has 1 saturated heterocycles. The van der Waals surface area contributed by atoms with Crippen LogP contribution in [0.5, 0.6) is 0 Å². The van der Waals surface area contributed by atoms with Crippen molar-refractivity contribution in [2.45, 2.75) is 25.3 Å². The zero-order valence-corrected chi connectivity index (χ0v) is 17.2. The van der Waals surface area contributed by atoms with Gasteiger partial charge in [0.05, 0.1) is 0 Å². The first-order chi connectivity index (χ1) is 14.1. The van der Waals surface area contributed by atoms with Gasteiger partial charge in [-0.1, -0.05) is 48.5 Å². The van der Waals surface area contributed by atoms with Gasteiger partial charge >= 0.3 is 12.1 Å². The van der Waals surface area contributed by atoms with Crippen LogP contribution in [0, 0.1) is 5.92 Å². The van der Waals surface area contributed by atoms with Crippen molar-refractivity contribution in [1.82, 2.24) is 4.90 Å². The molecule has 5 nitrogen and oxygen atoms in total. The van der Waals surface area contributed by atoms with E-state index in [9.17, 15) is 14.7 Å².